The summed E-state index contributed by atoms with van der Waals surface area (Å²) in [7, 11) is 0. The highest BCUT2D eigenvalue weighted by molar-refractivity contribution is 5.89. The van der Waals surface area contributed by atoms with Crippen molar-refractivity contribution in [3.63, 3.8) is 0 Å². The maximum atomic E-state index is 12.1. The van der Waals surface area contributed by atoms with Crippen molar-refractivity contribution in [3.8, 4) is 11.1 Å². The number of nitrogens with zero attached hydrogens (tertiary/aromatic N) is 3. The molecule has 0 atom stereocenters. The van der Waals surface area contributed by atoms with Gasteiger partial charge in [-0.15, -0.1) is 0 Å². The van der Waals surface area contributed by atoms with Crippen LogP contribution in [0.25, 0.3) is 21.9 Å². The molecule has 1 aliphatic rings. The lowest BCUT2D eigenvalue weighted by molar-refractivity contribution is -0.000381. The van der Waals surface area contributed by atoms with Crippen molar-refractivity contribution in [2.45, 2.75) is 32.4 Å². The Balaban J connectivity index is 1.45. The van der Waals surface area contributed by atoms with E-state index in [4.69, 9.17) is 10.5 Å². The molecule has 6 heteroatoms. The topological polar surface area (TPSA) is 73.4 Å². The van der Waals surface area contributed by atoms with Gasteiger partial charge in [-0.3, -0.25) is 4.68 Å². The number of likely N-dealkylation sites (tertiary alicyclic amines) is 1. The van der Waals surface area contributed by atoms with Gasteiger partial charge in [0.15, 0.2) is 0 Å². The number of aromatic nitrogens is 2. The molecule has 4 rings (SSSR count). The van der Waals surface area contributed by atoms with Gasteiger partial charge in [-0.05, 0) is 55.3 Å². The first-order chi connectivity index (χ1) is 12.8. The Morgan fingerprint density at radius 2 is 1.81 bits per heavy atom. The van der Waals surface area contributed by atoms with Crippen molar-refractivity contribution < 1.29 is 9.53 Å². The number of benzene rings is 2. The fourth-order valence-electron chi connectivity index (χ4n) is 3.23. The van der Waals surface area contributed by atoms with Crippen molar-refractivity contribution in [2.75, 3.05) is 18.8 Å². The van der Waals surface area contributed by atoms with Gasteiger partial charge in [0, 0.05) is 30.5 Å². The fourth-order valence-corrected chi connectivity index (χ4v) is 3.23. The minimum Gasteiger partial charge on any atom is -0.444 e. The van der Waals surface area contributed by atoms with Crippen molar-refractivity contribution in [2.24, 2.45) is 0 Å². The van der Waals surface area contributed by atoms with Crippen LogP contribution in [0.1, 0.15) is 26.8 Å². The zero-order valence-corrected chi connectivity index (χ0v) is 15.8. The van der Waals surface area contributed by atoms with Gasteiger partial charge in [-0.25, -0.2) is 4.79 Å². The molecular weight excluding hydrogens is 340 g/mol. The number of hydrogen-bond donors (Lipinski definition) is 1. The number of nitrogen functional groups attached to an aromatic ring is 1. The molecule has 1 aromatic heterocycles. The molecule has 140 valence electrons. The molecule has 6 nitrogen and oxygen atoms in total. The molecular formula is C21H24N4O2. The van der Waals surface area contributed by atoms with Crippen LogP contribution in [0, 0.1) is 0 Å². The minimum absolute atomic E-state index is 0.187. The van der Waals surface area contributed by atoms with Crippen molar-refractivity contribution in [3.05, 3.63) is 48.8 Å². The van der Waals surface area contributed by atoms with E-state index in [-0.39, 0.29) is 12.1 Å². The Hall–Kier alpha value is -3.02. The molecule has 2 N–H and O–H groups in total. The second-order valence-electron chi connectivity index (χ2n) is 8.07. The van der Waals surface area contributed by atoms with E-state index in [1.165, 1.54) is 0 Å². The Morgan fingerprint density at radius 3 is 2.56 bits per heavy atom. The number of carbonyl (C=O) groups excluding carboxylic acids is 1. The average molecular weight is 364 g/mol. The molecule has 0 saturated carbocycles. The van der Waals surface area contributed by atoms with Crippen LogP contribution in [0.4, 0.5) is 10.5 Å². The van der Waals surface area contributed by atoms with E-state index in [0.717, 1.165) is 27.6 Å². The average Bonchev–Trinajstić information content (AvgIpc) is 3.00. The van der Waals surface area contributed by atoms with E-state index in [9.17, 15) is 4.79 Å². The second kappa shape index (κ2) is 6.30. The van der Waals surface area contributed by atoms with E-state index in [0.29, 0.717) is 13.1 Å². The first kappa shape index (κ1) is 17.4. The molecule has 2 heterocycles. The van der Waals surface area contributed by atoms with E-state index in [2.05, 4.69) is 23.3 Å². The SMILES string of the molecule is CC(C)(C)OC(=O)N1CC(n2cc(-c3ccc4cc(N)ccc4c3)cn2)C1. The lowest BCUT2D eigenvalue weighted by Gasteiger charge is -2.39. The summed E-state index contributed by atoms with van der Waals surface area (Å²) in [6, 6.07) is 12.4. The van der Waals surface area contributed by atoms with Gasteiger partial charge in [0.1, 0.15) is 5.60 Å². The number of nitrogens with two attached hydrogens (primary N) is 1. The first-order valence-corrected chi connectivity index (χ1v) is 9.10. The third-order valence-electron chi connectivity index (χ3n) is 4.69. The molecule has 3 aromatic rings. The van der Waals surface area contributed by atoms with Crippen LogP contribution >= 0.6 is 0 Å². The molecule has 1 aliphatic heterocycles. The first-order valence-electron chi connectivity index (χ1n) is 9.10. The summed E-state index contributed by atoms with van der Waals surface area (Å²) >= 11 is 0. The van der Waals surface area contributed by atoms with Crippen LogP contribution in [0.15, 0.2) is 48.8 Å². The predicted octanol–water partition coefficient (Wildman–Crippen LogP) is 4.08. The lowest BCUT2D eigenvalue weighted by atomic mass is 10.0. The number of amides is 1. The maximum Gasteiger partial charge on any atom is 0.410 e. The molecule has 1 amide bonds. The van der Waals surface area contributed by atoms with Crippen molar-refractivity contribution in [1.82, 2.24) is 14.7 Å². The molecule has 0 unspecified atom stereocenters. The van der Waals surface area contributed by atoms with Crippen molar-refractivity contribution >= 4 is 22.6 Å². The van der Waals surface area contributed by atoms with E-state index in [1.807, 2.05) is 56.0 Å². The van der Waals surface area contributed by atoms with Gasteiger partial charge in [-0.2, -0.15) is 5.10 Å². The normalized spacial score (nSPS) is 15.0. The molecule has 2 aromatic carbocycles. The Bertz CT molecular complexity index is 997. The predicted molar refractivity (Wildman–Crippen MR) is 106 cm³/mol. The Morgan fingerprint density at radius 1 is 1.11 bits per heavy atom. The number of anilines is 1. The van der Waals surface area contributed by atoms with Crippen LogP contribution in [0.2, 0.25) is 0 Å². The molecule has 0 spiro atoms. The van der Waals surface area contributed by atoms with E-state index in [1.54, 1.807) is 4.90 Å². The van der Waals surface area contributed by atoms with Crippen LogP contribution in [-0.2, 0) is 4.74 Å². The highest BCUT2D eigenvalue weighted by atomic mass is 16.6. The molecule has 27 heavy (non-hydrogen) atoms. The van der Waals surface area contributed by atoms with Crippen molar-refractivity contribution in [1.29, 1.82) is 0 Å². The second-order valence-corrected chi connectivity index (χ2v) is 8.07. The summed E-state index contributed by atoms with van der Waals surface area (Å²) in [6.07, 6.45) is 3.64. The molecule has 1 saturated heterocycles. The number of rotatable bonds is 2. The van der Waals surface area contributed by atoms with Gasteiger partial charge in [0.25, 0.3) is 0 Å². The monoisotopic (exact) mass is 364 g/mol. The summed E-state index contributed by atoms with van der Waals surface area (Å²) in [5.41, 5.74) is 8.32. The smallest absolute Gasteiger partial charge is 0.410 e. The third-order valence-corrected chi connectivity index (χ3v) is 4.69. The lowest BCUT2D eigenvalue weighted by Crippen LogP contribution is -2.52. The van der Waals surface area contributed by atoms with Gasteiger partial charge in [0.05, 0.1) is 12.2 Å². The summed E-state index contributed by atoms with van der Waals surface area (Å²) in [5.74, 6) is 0. The summed E-state index contributed by atoms with van der Waals surface area (Å²) in [5, 5.41) is 6.77. The summed E-state index contributed by atoms with van der Waals surface area (Å²) in [4.78, 5) is 13.8. The Kier molecular flexibility index (Phi) is 4.06. The summed E-state index contributed by atoms with van der Waals surface area (Å²) < 4.78 is 7.33. The number of hydrogen-bond acceptors (Lipinski definition) is 4. The minimum atomic E-state index is -0.470. The standard InChI is InChI=1S/C21H24N4O2/c1-21(2,3)27-20(26)24-12-19(13-24)25-11-17(10-23-25)15-4-5-16-9-18(22)7-6-14(16)8-15/h4-11,19H,12-13,22H2,1-3H3. The number of carbonyl (C=O) groups is 1. The van der Waals surface area contributed by atoms with Gasteiger partial charge >= 0.3 is 6.09 Å². The van der Waals surface area contributed by atoms with Gasteiger partial charge in [-0.1, -0.05) is 18.2 Å². The van der Waals surface area contributed by atoms with Crippen LogP contribution < -0.4 is 5.73 Å². The van der Waals surface area contributed by atoms with Gasteiger partial charge < -0.3 is 15.4 Å². The Labute approximate surface area is 158 Å². The quantitative estimate of drug-likeness (QED) is 0.696. The van der Waals surface area contributed by atoms with E-state index >= 15 is 0 Å². The number of fused-ring (bicyclic) bond motifs is 1. The van der Waals surface area contributed by atoms with Crippen LogP contribution in [-0.4, -0.2) is 39.5 Å². The fraction of sp³-hybridized carbons (Fsp3) is 0.333. The molecule has 1 fully saturated rings. The highest BCUT2D eigenvalue weighted by Gasteiger charge is 2.35. The number of ether oxygens (including phenoxy) is 1. The highest BCUT2D eigenvalue weighted by Crippen LogP contribution is 2.28. The van der Waals surface area contributed by atoms with Crippen LogP contribution in [0.5, 0.6) is 0 Å². The molecule has 0 aliphatic carbocycles. The zero-order chi connectivity index (χ0) is 19.2. The largest absolute Gasteiger partial charge is 0.444 e. The third kappa shape index (κ3) is 3.60. The summed E-state index contributed by atoms with van der Waals surface area (Å²) in [6.45, 7) is 6.86. The maximum absolute atomic E-state index is 12.1. The van der Waals surface area contributed by atoms with Crippen LogP contribution in [0.3, 0.4) is 0 Å². The zero-order valence-electron chi connectivity index (χ0n) is 15.8. The van der Waals surface area contributed by atoms with E-state index < -0.39 is 5.60 Å². The molecule has 0 bridgehead atoms. The van der Waals surface area contributed by atoms with Gasteiger partial charge in [0.2, 0.25) is 0 Å². The molecule has 0 radical (unpaired) electrons.